The van der Waals surface area contributed by atoms with Crippen molar-refractivity contribution >= 4 is 5.91 Å². The van der Waals surface area contributed by atoms with Crippen molar-refractivity contribution in [3.8, 4) is 5.75 Å². The monoisotopic (exact) mass is 379 g/mol. The van der Waals surface area contributed by atoms with E-state index in [1.807, 2.05) is 18.3 Å². The maximum Gasteiger partial charge on any atom is 0.219 e. The van der Waals surface area contributed by atoms with Crippen molar-refractivity contribution in [3.63, 3.8) is 0 Å². The number of amides is 1. The number of ether oxygens (including phenoxy) is 1. The van der Waals surface area contributed by atoms with Crippen molar-refractivity contribution in [2.75, 3.05) is 26.7 Å². The van der Waals surface area contributed by atoms with Gasteiger partial charge in [0.25, 0.3) is 0 Å². The van der Waals surface area contributed by atoms with E-state index in [2.05, 4.69) is 46.0 Å². The number of aryl methyl sites for hydroxylation is 1. The lowest BCUT2D eigenvalue weighted by molar-refractivity contribution is -0.130. The van der Waals surface area contributed by atoms with Gasteiger partial charge in [0.2, 0.25) is 5.91 Å². The first-order chi connectivity index (χ1) is 13.6. The minimum Gasteiger partial charge on any atom is -0.497 e. The Bertz CT molecular complexity index is 819. The van der Waals surface area contributed by atoms with Crippen LogP contribution in [0.4, 0.5) is 0 Å². The fourth-order valence-corrected chi connectivity index (χ4v) is 4.81. The summed E-state index contributed by atoms with van der Waals surface area (Å²) in [6.45, 7) is 7.59. The first-order valence-electron chi connectivity index (χ1n) is 10.2. The van der Waals surface area contributed by atoms with Gasteiger partial charge in [0, 0.05) is 45.2 Å². The molecule has 2 aliphatic rings. The van der Waals surface area contributed by atoms with E-state index in [0.29, 0.717) is 11.8 Å². The molecule has 0 radical (unpaired) electrons. The summed E-state index contributed by atoms with van der Waals surface area (Å²) in [7, 11) is 1.68. The molecule has 0 N–H and O–H groups in total. The Labute approximate surface area is 167 Å². The average Bonchev–Trinajstić information content (AvgIpc) is 3.26. The number of aromatic nitrogens is 1. The van der Waals surface area contributed by atoms with Gasteiger partial charge in [0.05, 0.1) is 18.8 Å². The van der Waals surface area contributed by atoms with Crippen LogP contribution in [0.1, 0.15) is 36.7 Å². The van der Waals surface area contributed by atoms with E-state index < -0.39 is 0 Å². The summed E-state index contributed by atoms with van der Waals surface area (Å²) in [4.78, 5) is 21.5. The highest BCUT2D eigenvalue weighted by Crippen LogP contribution is 2.45. The van der Waals surface area contributed by atoms with Crippen LogP contribution in [-0.2, 0) is 17.8 Å². The Balaban J connectivity index is 1.50. The van der Waals surface area contributed by atoms with Crippen LogP contribution < -0.4 is 4.74 Å². The summed E-state index contributed by atoms with van der Waals surface area (Å²) in [5.41, 5.74) is 3.61. The largest absolute Gasteiger partial charge is 0.497 e. The number of carbonyl (C=O) groups excluding carboxylic acids is 1. The molecule has 3 atom stereocenters. The van der Waals surface area contributed by atoms with Gasteiger partial charge in [-0.2, -0.15) is 0 Å². The van der Waals surface area contributed by atoms with Gasteiger partial charge in [-0.1, -0.05) is 25.1 Å². The fourth-order valence-electron chi connectivity index (χ4n) is 4.81. The van der Waals surface area contributed by atoms with Crippen LogP contribution >= 0.6 is 0 Å². The summed E-state index contributed by atoms with van der Waals surface area (Å²) in [5.74, 6) is 2.00. The molecule has 5 nitrogen and oxygen atoms in total. The lowest BCUT2D eigenvalue weighted by atomic mass is 9.89. The van der Waals surface area contributed by atoms with Gasteiger partial charge in [-0.05, 0) is 41.7 Å². The summed E-state index contributed by atoms with van der Waals surface area (Å²) in [6.07, 6.45) is 3.01. The van der Waals surface area contributed by atoms with Crippen LogP contribution in [0.2, 0.25) is 0 Å². The molecule has 2 aromatic rings. The van der Waals surface area contributed by atoms with Gasteiger partial charge in [-0.15, -0.1) is 0 Å². The number of likely N-dealkylation sites (tertiary alicyclic amines) is 2. The van der Waals surface area contributed by atoms with Gasteiger partial charge in [-0.3, -0.25) is 14.7 Å². The molecule has 0 unspecified atom stereocenters. The smallest absolute Gasteiger partial charge is 0.219 e. The predicted octanol–water partition coefficient (Wildman–Crippen LogP) is 3.30. The first-order valence-corrected chi connectivity index (χ1v) is 10.2. The molecule has 148 valence electrons. The molecule has 0 saturated carbocycles. The Morgan fingerprint density at radius 1 is 1.14 bits per heavy atom. The highest BCUT2D eigenvalue weighted by atomic mass is 16.5. The van der Waals surface area contributed by atoms with E-state index in [4.69, 9.17) is 4.74 Å². The van der Waals surface area contributed by atoms with E-state index in [1.54, 1.807) is 14.0 Å². The third kappa shape index (κ3) is 3.63. The molecule has 2 aliphatic heterocycles. The lowest BCUT2D eigenvalue weighted by Crippen LogP contribution is -2.34. The summed E-state index contributed by atoms with van der Waals surface area (Å²) in [6, 6.07) is 12.7. The number of fused-ring (bicyclic) bond motifs is 1. The lowest BCUT2D eigenvalue weighted by Gasteiger charge is -2.29. The van der Waals surface area contributed by atoms with Crippen molar-refractivity contribution in [2.45, 2.75) is 32.9 Å². The highest BCUT2D eigenvalue weighted by molar-refractivity contribution is 5.74. The van der Waals surface area contributed by atoms with Gasteiger partial charge in [0.1, 0.15) is 5.75 Å². The molecule has 2 saturated heterocycles. The molecular weight excluding hydrogens is 350 g/mol. The maximum atomic E-state index is 12.3. The maximum absolute atomic E-state index is 12.3. The Morgan fingerprint density at radius 2 is 1.93 bits per heavy atom. The molecule has 2 fully saturated rings. The second kappa shape index (κ2) is 7.92. The van der Waals surface area contributed by atoms with Gasteiger partial charge >= 0.3 is 0 Å². The molecule has 1 aromatic carbocycles. The van der Waals surface area contributed by atoms with E-state index >= 15 is 0 Å². The number of benzene rings is 1. The normalized spacial score (nSPS) is 24.4. The van der Waals surface area contributed by atoms with E-state index in [1.165, 1.54) is 11.1 Å². The predicted molar refractivity (Wildman–Crippen MR) is 109 cm³/mol. The molecule has 0 bridgehead atoms. The number of pyridine rings is 1. The third-order valence-corrected chi connectivity index (χ3v) is 6.28. The highest BCUT2D eigenvalue weighted by Gasteiger charge is 2.48. The first kappa shape index (κ1) is 18.9. The van der Waals surface area contributed by atoms with Gasteiger partial charge in [0.15, 0.2) is 0 Å². The average molecular weight is 380 g/mol. The molecule has 1 amide bonds. The van der Waals surface area contributed by atoms with Crippen LogP contribution in [0.5, 0.6) is 5.75 Å². The van der Waals surface area contributed by atoms with Crippen LogP contribution in [0.25, 0.3) is 0 Å². The molecule has 1 aromatic heterocycles. The minimum absolute atomic E-state index is 0.147. The molecule has 3 heterocycles. The standard InChI is InChI=1S/C23H29N3O2/c1-4-17-5-8-20(24-11-17)14-25-12-19-13-26(16(2)27)23(22(19)15-25)18-6-9-21(28-3)10-7-18/h5-11,19,22-23H,4,12-15H2,1-3H3/t19-,22-,23+/m1/s1. The number of carbonyl (C=O) groups is 1. The van der Waals surface area contributed by atoms with Crippen LogP contribution in [0, 0.1) is 11.8 Å². The minimum atomic E-state index is 0.147. The van der Waals surface area contributed by atoms with Crippen molar-refractivity contribution in [3.05, 3.63) is 59.4 Å². The van der Waals surface area contributed by atoms with Crippen molar-refractivity contribution in [1.29, 1.82) is 0 Å². The summed E-state index contributed by atoms with van der Waals surface area (Å²) in [5, 5.41) is 0. The zero-order chi connectivity index (χ0) is 19.7. The molecular formula is C23H29N3O2. The van der Waals surface area contributed by atoms with E-state index in [-0.39, 0.29) is 11.9 Å². The molecule has 28 heavy (non-hydrogen) atoms. The second-order valence-electron chi connectivity index (χ2n) is 8.02. The SMILES string of the molecule is CCc1ccc(CN2C[C@@H]3CN(C(C)=O)[C@@H](c4ccc(OC)cc4)[C@@H]3C2)nc1. The molecule has 5 heteroatoms. The fraction of sp³-hybridized carbons (Fsp3) is 0.478. The van der Waals surface area contributed by atoms with E-state index in [9.17, 15) is 4.79 Å². The van der Waals surface area contributed by atoms with Crippen LogP contribution in [0.3, 0.4) is 0 Å². The zero-order valence-corrected chi connectivity index (χ0v) is 17.0. The second-order valence-corrected chi connectivity index (χ2v) is 8.02. The van der Waals surface area contributed by atoms with Crippen molar-refractivity contribution in [2.24, 2.45) is 11.8 Å². The van der Waals surface area contributed by atoms with Gasteiger partial charge < -0.3 is 9.64 Å². The number of rotatable bonds is 5. The third-order valence-electron chi connectivity index (χ3n) is 6.28. The van der Waals surface area contributed by atoms with E-state index in [0.717, 1.165) is 44.0 Å². The molecule has 0 aliphatic carbocycles. The number of hydrogen-bond donors (Lipinski definition) is 0. The van der Waals surface area contributed by atoms with Crippen molar-refractivity contribution < 1.29 is 9.53 Å². The Hall–Kier alpha value is -2.40. The zero-order valence-electron chi connectivity index (χ0n) is 17.0. The Kier molecular flexibility index (Phi) is 5.36. The number of nitrogens with zero attached hydrogens (tertiary/aromatic N) is 3. The molecule has 4 rings (SSSR count). The van der Waals surface area contributed by atoms with Crippen LogP contribution in [-0.4, -0.2) is 47.4 Å². The van der Waals surface area contributed by atoms with Crippen LogP contribution in [0.15, 0.2) is 42.6 Å². The van der Waals surface area contributed by atoms with Gasteiger partial charge in [-0.25, -0.2) is 0 Å². The Morgan fingerprint density at radius 3 is 2.54 bits per heavy atom. The number of hydrogen-bond acceptors (Lipinski definition) is 4. The number of methoxy groups -OCH3 is 1. The summed E-state index contributed by atoms with van der Waals surface area (Å²) >= 11 is 0. The topological polar surface area (TPSA) is 45.7 Å². The molecule has 0 spiro atoms. The van der Waals surface area contributed by atoms with Crippen molar-refractivity contribution in [1.82, 2.24) is 14.8 Å². The summed E-state index contributed by atoms with van der Waals surface area (Å²) < 4.78 is 5.30. The quantitative estimate of drug-likeness (QED) is 0.800.